The third-order valence-electron chi connectivity index (χ3n) is 5.45. The van der Waals surface area contributed by atoms with Gasteiger partial charge in [-0.05, 0) is 19.4 Å². The van der Waals surface area contributed by atoms with E-state index in [2.05, 4.69) is 25.8 Å². The van der Waals surface area contributed by atoms with Crippen LogP contribution in [0, 0.1) is 5.41 Å². The van der Waals surface area contributed by atoms with Crippen molar-refractivity contribution in [2.24, 2.45) is 5.41 Å². The molecule has 2 rings (SSSR count). The highest BCUT2D eigenvalue weighted by atomic mass is 16.5. The quantitative estimate of drug-likeness (QED) is 0.837. The van der Waals surface area contributed by atoms with Crippen molar-refractivity contribution in [2.45, 2.75) is 45.3 Å². The van der Waals surface area contributed by atoms with E-state index in [1.807, 2.05) is 11.9 Å². The minimum absolute atomic E-state index is 0.0666. The molecule has 0 bridgehead atoms. The lowest BCUT2D eigenvalue weighted by molar-refractivity contribution is -0.207. The number of nitrogens with zero attached hydrogens (tertiary/aromatic N) is 2. The third-order valence-corrected chi connectivity index (χ3v) is 5.45. The monoisotopic (exact) mass is 306 g/mol. The number of amides is 1. The smallest absolute Gasteiger partial charge is 0.228 e. The van der Waals surface area contributed by atoms with Gasteiger partial charge < -0.3 is 14.4 Å². The molecular formula is C17H26N2O3. The van der Waals surface area contributed by atoms with E-state index in [1.165, 1.54) is 0 Å². The summed E-state index contributed by atoms with van der Waals surface area (Å²) in [4.78, 5) is 18.6. The van der Waals surface area contributed by atoms with Crippen molar-refractivity contribution in [3.8, 4) is 5.75 Å². The van der Waals surface area contributed by atoms with Crippen LogP contribution in [-0.2, 0) is 16.0 Å². The van der Waals surface area contributed by atoms with Crippen molar-refractivity contribution in [2.75, 3.05) is 21.3 Å². The third kappa shape index (κ3) is 2.70. The van der Waals surface area contributed by atoms with Gasteiger partial charge in [-0.15, -0.1) is 0 Å². The molecule has 2 atom stereocenters. The SMILES string of the molecule is COc1ccnc(CC(=O)N(C)[C@@H]2C[C@](C)(OC)C2(C)C)c1. The lowest BCUT2D eigenvalue weighted by atomic mass is 9.55. The molecule has 5 heteroatoms. The van der Waals surface area contributed by atoms with Crippen molar-refractivity contribution in [3.05, 3.63) is 24.0 Å². The second kappa shape index (κ2) is 5.88. The van der Waals surface area contributed by atoms with Crippen LogP contribution in [0.15, 0.2) is 18.3 Å². The van der Waals surface area contributed by atoms with E-state index in [0.29, 0.717) is 0 Å². The van der Waals surface area contributed by atoms with Crippen molar-refractivity contribution in [1.29, 1.82) is 0 Å². The molecule has 0 N–H and O–H groups in total. The first-order valence-electron chi connectivity index (χ1n) is 7.55. The highest BCUT2D eigenvalue weighted by Crippen LogP contribution is 2.53. The Morgan fingerprint density at radius 1 is 1.41 bits per heavy atom. The number of likely N-dealkylation sites (N-methyl/N-ethyl adjacent to an activating group) is 1. The van der Waals surface area contributed by atoms with Crippen LogP contribution in [-0.4, -0.2) is 48.7 Å². The van der Waals surface area contributed by atoms with Gasteiger partial charge in [0.25, 0.3) is 0 Å². The first kappa shape index (κ1) is 16.7. The normalized spacial score (nSPS) is 26.2. The predicted molar refractivity (Wildman–Crippen MR) is 84.9 cm³/mol. The highest BCUT2D eigenvalue weighted by Gasteiger charge is 2.59. The summed E-state index contributed by atoms with van der Waals surface area (Å²) in [5.41, 5.74) is 0.469. The predicted octanol–water partition coefficient (Wildman–Crippen LogP) is 2.29. The average Bonchev–Trinajstić information content (AvgIpc) is 2.51. The topological polar surface area (TPSA) is 51.7 Å². The van der Waals surface area contributed by atoms with Gasteiger partial charge in [0.05, 0.1) is 24.8 Å². The van der Waals surface area contributed by atoms with Gasteiger partial charge in [0.1, 0.15) is 5.75 Å². The Morgan fingerprint density at radius 2 is 2.09 bits per heavy atom. The number of carbonyl (C=O) groups is 1. The van der Waals surface area contributed by atoms with E-state index in [9.17, 15) is 4.79 Å². The van der Waals surface area contributed by atoms with E-state index in [0.717, 1.165) is 17.9 Å². The van der Waals surface area contributed by atoms with Crippen LogP contribution in [0.25, 0.3) is 0 Å². The molecule has 1 heterocycles. The number of hydrogen-bond donors (Lipinski definition) is 0. The van der Waals surface area contributed by atoms with Gasteiger partial charge in [0.2, 0.25) is 5.91 Å². The molecule has 1 fully saturated rings. The molecule has 0 radical (unpaired) electrons. The number of carbonyl (C=O) groups excluding carboxylic acids is 1. The van der Waals surface area contributed by atoms with Gasteiger partial charge in [-0.2, -0.15) is 0 Å². The number of aromatic nitrogens is 1. The number of pyridine rings is 1. The van der Waals surface area contributed by atoms with E-state index < -0.39 is 0 Å². The maximum atomic E-state index is 12.5. The molecule has 5 nitrogen and oxygen atoms in total. The summed E-state index contributed by atoms with van der Waals surface area (Å²) in [5.74, 6) is 0.786. The summed E-state index contributed by atoms with van der Waals surface area (Å²) in [6, 6.07) is 3.75. The summed E-state index contributed by atoms with van der Waals surface area (Å²) >= 11 is 0. The Kier molecular flexibility index (Phi) is 4.47. The molecule has 1 aromatic rings. The van der Waals surface area contributed by atoms with Crippen LogP contribution >= 0.6 is 0 Å². The molecule has 0 aliphatic heterocycles. The minimum Gasteiger partial charge on any atom is -0.497 e. The molecule has 22 heavy (non-hydrogen) atoms. The van der Waals surface area contributed by atoms with Gasteiger partial charge in [-0.1, -0.05) is 13.8 Å². The van der Waals surface area contributed by atoms with E-state index >= 15 is 0 Å². The number of ether oxygens (including phenoxy) is 2. The molecule has 0 aromatic carbocycles. The maximum absolute atomic E-state index is 12.5. The lowest BCUT2D eigenvalue weighted by Crippen LogP contribution is -2.68. The van der Waals surface area contributed by atoms with Crippen LogP contribution in [0.2, 0.25) is 0 Å². The zero-order valence-electron chi connectivity index (χ0n) is 14.3. The standard InChI is InChI=1S/C17H26N2O3/c1-16(2)14(11-17(16,3)22-6)19(4)15(20)10-12-9-13(21-5)7-8-18-12/h7-9,14H,10-11H2,1-6H3/t14-,17+/m1/s1. The van der Waals surface area contributed by atoms with E-state index in [1.54, 1.807) is 32.5 Å². The van der Waals surface area contributed by atoms with Gasteiger partial charge in [-0.25, -0.2) is 0 Å². The summed E-state index contributed by atoms with van der Waals surface area (Å²) in [5, 5.41) is 0. The molecular weight excluding hydrogens is 280 g/mol. The van der Waals surface area contributed by atoms with Crippen LogP contribution in [0.1, 0.15) is 32.9 Å². The first-order chi connectivity index (χ1) is 10.2. The molecule has 0 spiro atoms. The first-order valence-corrected chi connectivity index (χ1v) is 7.55. The van der Waals surface area contributed by atoms with Crippen LogP contribution in [0.3, 0.4) is 0 Å². The minimum atomic E-state index is -0.180. The van der Waals surface area contributed by atoms with E-state index in [4.69, 9.17) is 9.47 Å². The number of rotatable bonds is 5. The van der Waals surface area contributed by atoms with Crippen molar-refractivity contribution in [3.63, 3.8) is 0 Å². The molecule has 0 saturated heterocycles. The van der Waals surface area contributed by atoms with Crippen LogP contribution < -0.4 is 4.74 Å². The number of hydrogen-bond acceptors (Lipinski definition) is 4. The van der Waals surface area contributed by atoms with Crippen molar-refractivity contribution < 1.29 is 14.3 Å². The Hall–Kier alpha value is -1.62. The molecule has 1 saturated carbocycles. The Labute approximate surface area is 132 Å². The van der Waals surface area contributed by atoms with E-state index in [-0.39, 0.29) is 29.4 Å². The van der Waals surface area contributed by atoms with Gasteiger partial charge in [-0.3, -0.25) is 9.78 Å². The molecule has 1 aliphatic rings. The largest absolute Gasteiger partial charge is 0.497 e. The average molecular weight is 306 g/mol. The zero-order valence-corrected chi connectivity index (χ0v) is 14.3. The van der Waals surface area contributed by atoms with Crippen molar-refractivity contribution >= 4 is 5.91 Å². The Bertz CT molecular complexity index is 559. The Balaban J connectivity index is 2.04. The summed E-state index contributed by atoms with van der Waals surface area (Å²) < 4.78 is 10.8. The maximum Gasteiger partial charge on any atom is 0.228 e. The molecule has 1 aliphatic carbocycles. The van der Waals surface area contributed by atoms with Gasteiger partial charge in [0.15, 0.2) is 0 Å². The molecule has 122 valence electrons. The second-order valence-electron chi connectivity index (χ2n) is 6.75. The molecule has 1 amide bonds. The van der Waals surface area contributed by atoms with Crippen LogP contribution in [0.4, 0.5) is 0 Å². The van der Waals surface area contributed by atoms with Gasteiger partial charge in [0, 0.05) is 37.9 Å². The fourth-order valence-electron chi connectivity index (χ4n) is 3.21. The summed E-state index contributed by atoms with van der Waals surface area (Å²) in [7, 11) is 5.21. The molecule has 0 unspecified atom stereocenters. The summed E-state index contributed by atoms with van der Waals surface area (Å²) in [6.45, 7) is 6.40. The van der Waals surface area contributed by atoms with Crippen molar-refractivity contribution in [1.82, 2.24) is 9.88 Å². The fraction of sp³-hybridized carbons (Fsp3) is 0.647. The fourth-order valence-corrected chi connectivity index (χ4v) is 3.21. The van der Waals surface area contributed by atoms with Crippen LogP contribution in [0.5, 0.6) is 5.75 Å². The second-order valence-corrected chi connectivity index (χ2v) is 6.75. The zero-order chi connectivity index (χ0) is 16.5. The molecule has 1 aromatic heterocycles. The Morgan fingerprint density at radius 3 is 2.64 bits per heavy atom. The number of methoxy groups -OCH3 is 2. The highest BCUT2D eigenvalue weighted by molar-refractivity contribution is 5.78. The summed E-state index contributed by atoms with van der Waals surface area (Å²) in [6.07, 6.45) is 2.80. The van der Waals surface area contributed by atoms with Gasteiger partial charge >= 0.3 is 0 Å². The lowest BCUT2D eigenvalue weighted by Gasteiger charge is -2.61.